The highest BCUT2D eigenvalue weighted by atomic mass is 32.2. The van der Waals surface area contributed by atoms with E-state index >= 15 is 0 Å². The highest BCUT2D eigenvalue weighted by molar-refractivity contribution is 7.98. The number of piperazine rings is 1. The van der Waals surface area contributed by atoms with Gasteiger partial charge in [-0.25, -0.2) is 0 Å². The summed E-state index contributed by atoms with van der Waals surface area (Å²) in [6.45, 7) is 5.26. The van der Waals surface area contributed by atoms with Gasteiger partial charge in [0.25, 0.3) is 0 Å². The standard InChI is InChI=1S/C27H43N5O3S/c1-3-24(33)30-23(27(35)32-16-14-31(2)15-17-32)18-20-10-12-21(13-11-20)19-29-26(34)25(36-28)22-8-6-4-5-7-9-22/h10-13,22-23,25H,3-9,14-19,28H2,1-2H3,(H,29,34)(H,30,33)/t23-,25+/m1/s1. The molecule has 0 aromatic heterocycles. The number of carbonyl (C=O) groups excluding carboxylic acids is 3. The van der Waals surface area contributed by atoms with Crippen LogP contribution >= 0.6 is 11.9 Å². The van der Waals surface area contributed by atoms with Crippen LogP contribution in [0, 0.1) is 5.92 Å². The molecule has 3 rings (SSSR count). The van der Waals surface area contributed by atoms with Gasteiger partial charge in [0.15, 0.2) is 0 Å². The van der Waals surface area contributed by atoms with Gasteiger partial charge >= 0.3 is 0 Å². The van der Waals surface area contributed by atoms with E-state index in [-0.39, 0.29) is 23.0 Å². The van der Waals surface area contributed by atoms with Crippen LogP contribution < -0.4 is 15.8 Å². The van der Waals surface area contributed by atoms with Crippen molar-refractivity contribution in [2.75, 3.05) is 33.2 Å². The van der Waals surface area contributed by atoms with E-state index in [9.17, 15) is 14.4 Å². The van der Waals surface area contributed by atoms with Crippen LogP contribution in [-0.2, 0) is 27.3 Å². The number of benzene rings is 1. The fourth-order valence-electron chi connectivity index (χ4n) is 5.06. The topological polar surface area (TPSA) is 108 Å². The SMILES string of the molecule is CCC(=O)N[C@H](Cc1ccc(CNC(=O)[C@@H](SN)C2CCCCCC2)cc1)C(=O)N1CCN(C)CC1. The molecule has 36 heavy (non-hydrogen) atoms. The van der Waals surface area contributed by atoms with Gasteiger partial charge in [-0.05, 0) is 36.9 Å². The Morgan fingerprint density at radius 3 is 2.19 bits per heavy atom. The second kappa shape index (κ2) is 14.6. The molecule has 1 aliphatic heterocycles. The Bertz CT molecular complexity index is 849. The van der Waals surface area contributed by atoms with Gasteiger partial charge in [-0.2, -0.15) is 0 Å². The highest BCUT2D eigenvalue weighted by Crippen LogP contribution is 2.30. The molecule has 3 amide bonds. The molecule has 1 saturated carbocycles. The fourth-order valence-corrected chi connectivity index (χ4v) is 5.76. The normalized spacial score (nSPS) is 19.2. The summed E-state index contributed by atoms with van der Waals surface area (Å²) in [7, 11) is 2.05. The second-order valence-electron chi connectivity index (χ2n) is 10.1. The van der Waals surface area contributed by atoms with Gasteiger partial charge in [0.1, 0.15) is 11.3 Å². The minimum Gasteiger partial charge on any atom is -0.351 e. The lowest BCUT2D eigenvalue weighted by atomic mass is 9.95. The van der Waals surface area contributed by atoms with E-state index < -0.39 is 6.04 Å². The molecule has 200 valence electrons. The lowest BCUT2D eigenvalue weighted by Crippen LogP contribution is -2.54. The van der Waals surface area contributed by atoms with Crippen LogP contribution in [0.5, 0.6) is 0 Å². The predicted octanol–water partition coefficient (Wildman–Crippen LogP) is 2.46. The Balaban J connectivity index is 1.56. The van der Waals surface area contributed by atoms with Gasteiger partial charge in [-0.3, -0.25) is 19.5 Å². The van der Waals surface area contributed by atoms with E-state index in [4.69, 9.17) is 5.14 Å². The van der Waals surface area contributed by atoms with Gasteiger partial charge in [0, 0.05) is 45.6 Å². The maximum absolute atomic E-state index is 13.2. The molecule has 1 saturated heterocycles. The van der Waals surface area contributed by atoms with Crippen LogP contribution in [-0.4, -0.2) is 72.0 Å². The number of hydrogen-bond donors (Lipinski definition) is 3. The Labute approximate surface area is 220 Å². The van der Waals surface area contributed by atoms with Gasteiger partial charge in [0.05, 0.1) is 0 Å². The third-order valence-electron chi connectivity index (χ3n) is 7.43. The number of amides is 3. The first-order valence-corrected chi connectivity index (χ1v) is 14.3. The molecule has 1 aliphatic carbocycles. The van der Waals surface area contributed by atoms with Crippen molar-refractivity contribution in [3.8, 4) is 0 Å². The summed E-state index contributed by atoms with van der Waals surface area (Å²) in [5, 5.41) is 11.7. The summed E-state index contributed by atoms with van der Waals surface area (Å²) >= 11 is 1.17. The highest BCUT2D eigenvalue weighted by Gasteiger charge is 2.29. The maximum Gasteiger partial charge on any atom is 0.245 e. The first-order chi connectivity index (χ1) is 17.4. The van der Waals surface area contributed by atoms with E-state index in [1.165, 1.54) is 37.6 Å². The van der Waals surface area contributed by atoms with Crippen molar-refractivity contribution >= 4 is 29.7 Å². The van der Waals surface area contributed by atoms with E-state index in [0.29, 0.717) is 38.4 Å². The molecule has 0 bridgehead atoms. The number of nitrogens with two attached hydrogens (primary N) is 1. The molecular weight excluding hydrogens is 474 g/mol. The molecule has 1 aromatic rings. The zero-order valence-electron chi connectivity index (χ0n) is 21.8. The average Bonchev–Trinajstić information content (AvgIpc) is 3.18. The van der Waals surface area contributed by atoms with Crippen molar-refractivity contribution in [2.45, 2.75) is 76.1 Å². The summed E-state index contributed by atoms with van der Waals surface area (Å²) in [5.41, 5.74) is 1.97. The van der Waals surface area contributed by atoms with E-state index in [0.717, 1.165) is 37.1 Å². The van der Waals surface area contributed by atoms with Crippen molar-refractivity contribution in [2.24, 2.45) is 11.1 Å². The smallest absolute Gasteiger partial charge is 0.245 e. The monoisotopic (exact) mass is 517 g/mol. The van der Waals surface area contributed by atoms with Crippen LogP contribution in [0.25, 0.3) is 0 Å². The number of likely N-dealkylation sites (N-methyl/N-ethyl adjacent to an activating group) is 1. The molecule has 2 aliphatic rings. The van der Waals surface area contributed by atoms with Crippen molar-refractivity contribution in [3.05, 3.63) is 35.4 Å². The van der Waals surface area contributed by atoms with E-state index in [2.05, 4.69) is 22.6 Å². The number of carbonyl (C=O) groups is 3. The maximum atomic E-state index is 13.2. The lowest BCUT2D eigenvalue weighted by molar-refractivity contribution is -0.137. The third-order valence-corrected chi connectivity index (χ3v) is 8.32. The molecule has 1 aromatic carbocycles. The minimum atomic E-state index is -0.576. The molecule has 9 heteroatoms. The van der Waals surface area contributed by atoms with Crippen LogP contribution in [0.2, 0.25) is 0 Å². The lowest BCUT2D eigenvalue weighted by Gasteiger charge is -2.34. The van der Waals surface area contributed by atoms with Gasteiger partial charge in [0.2, 0.25) is 17.7 Å². The van der Waals surface area contributed by atoms with Crippen LogP contribution in [0.4, 0.5) is 0 Å². The average molecular weight is 518 g/mol. The molecule has 0 radical (unpaired) electrons. The first kappa shape index (κ1) is 28.5. The zero-order chi connectivity index (χ0) is 25.9. The molecular formula is C27H43N5O3S. The Morgan fingerprint density at radius 1 is 1.00 bits per heavy atom. The molecule has 2 atom stereocenters. The van der Waals surface area contributed by atoms with E-state index in [1.807, 2.05) is 29.2 Å². The quantitative estimate of drug-likeness (QED) is 0.325. The third kappa shape index (κ3) is 8.49. The van der Waals surface area contributed by atoms with Crippen molar-refractivity contribution in [1.29, 1.82) is 0 Å². The number of rotatable bonds is 10. The van der Waals surface area contributed by atoms with Gasteiger partial charge in [-0.15, -0.1) is 0 Å². The first-order valence-electron chi connectivity index (χ1n) is 13.4. The number of nitrogens with zero attached hydrogens (tertiary/aromatic N) is 2. The molecule has 0 unspecified atom stereocenters. The van der Waals surface area contributed by atoms with Crippen LogP contribution in [0.15, 0.2) is 24.3 Å². The van der Waals surface area contributed by atoms with Crippen molar-refractivity contribution < 1.29 is 14.4 Å². The molecule has 0 spiro atoms. The number of nitrogens with one attached hydrogen (secondary N) is 2. The Kier molecular flexibility index (Phi) is 11.5. The minimum absolute atomic E-state index is 0.0126. The fraction of sp³-hybridized carbons (Fsp3) is 0.667. The summed E-state index contributed by atoms with van der Waals surface area (Å²) in [5.74, 6) is 0.212. The summed E-state index contributed by atoms with van der Waals surface area (Å²) in [6, 6.07) is 7.33. The second-order valence-corrected chi connectivity index (χ2v) is 10.9. The van der Waals surface area contributed by atoms with Crippen molar-refractivity contribution in [3.63, 3.8) is 0 Å². The molecule has 2 fully saturated rings. The van der Waals surface area contributed by atoms with E-state index in [1.54, 1.807) is 6.92 Å². The van der Waals surface area contributed by atoms with Crippen molar-refractivity contribution in [1.82, 2.24) is 20.4 Å². The zero-order valence-corrected chi connectivity index (χ0v) is 22.7. The molecule has 4 N–H and O–H groups in total. The summed E-state index contributed by atoms with van der Waals surface area (Å²) < 4.78 is 0. The number of hydrogen-bond acceptors (Lipinski definition) is 6. The van der Waals surface area contributed by atoms with Gasteiger partial charge in [-0.1, -0.05) is 68.8 Å². The van der Waals surface area contributed by atoms with Crippen LogP contribution in [0.1, 0.15) is 63.0 Å². The molecule has 8 nitrogen and oxygen atoms in total. The van der Waals surface area contributed by atoms with Crippen LogP contribution in [0.3, 0.4) is 0 Å². The summed E-state index contributed by atoms with van der Waals surface area (Å²) in [4.78, 5) is 42.2. The summed E-state index contributed by atoms with van der Waals surface area (Å²) in [6.07, 6.45) is 7.76. The van der Waals surface area contributed by atoms with Gasteiger partial charge < -0.3 is 20.4 Å². The largest absolute Gasteiger partial charge is 0.351 e. The Morgan fingerprint density at radius 2 is 1.61 bits per heavy atom. The predicted molar refractivity (Wildman–Crippen MR) is 145 cm³/mol. The Hall–Kier alpha value is -2.10. The molecule has 1 heterocycles.